The van der Waals surface area contributed by atoms with Gasteiger partial charge in [0.05, 0.1) is 12.5 Å². The molecule has 0 saturated carbocycles. The lowest BCUT2D eigenvalue weighted by atomic mass is 9.97. The molecule has 138 valence electrons. The van der Waals surface area contributed by atoms with E-state index in [4.69, 9.17) is 4.74 Å². The molecule has 3 heterocycles. The molecule has 0 spiro atoms. The molecule has 1 fully saturated rings. The second-order valence-corrected chi connectivity index (χ2v) is 7.00. The number of esters is 1. The fraction of sp³-hybridized carbons (Fsp3) is 0.444. The molecule has 0 bridgehead atoms. The average molecular weight is 374 g/mol. The molecule has 1 N–H and O–H groups in total. The minimum absolute atomic E-state index is 0.103. The zero-order valence-electron chi connectivity index (χ0n) is 14.9. The van der Waals surface area contributed by atoms with Gasteiger partial charge in [-0.05, 0) is 38.8 Å². The number of hydrogen-bond donors (Lipinski definition) is 1. The summed E-state index contributed by atoms with van der Waals surface area (Å²) in [6.07, 6.45) is 1.26. The number of carbonyl (C=O) groups excluding carboxylic acids is 2. The first-order valence-electron chi connectivity index (χ1n) is 8.69. The van der Waals surface area contributed by atoms with Crippen LogP contribution in [0.2, 0.25) is 0 Å². The molecular weight excluding hydrogens is 352 g/mol. The molecule has 1 amide bonds. The zero-order chi connectivity index (χ0) is 18.5. The normalized spacial score (nSPS) is 14.9. The second kappa shape index (κ2) is 8.27. The SMILES string of the molecule is CCOC(=O)C1CCN(C(=O)c2csc(Nc3cccc(C)n3)n2)CC1. The van der Waals surface area contributed by atoms with E-state index in [1.807, 2.05) is 25.1 Å². The third-order valence-electron chi connectivity index (χ3n) is 4.25. The Bertz CT molecular complexity index is 784. The minimum atomic E-state index is -0.162. The molecule has 7 nitrogen and oxygen atoms in total. The second-order valence-electron chi connectivity index (χ2n) is 6.15. The highest BCUT2D eigenvalue weighted by Gasteiger charge is 2.29. The van der Waals surface area contributed by atoms with Gasteiger partial charge in [0.15, 0.2) is 5.13 Å². The highest BCUT2D eigenvalue weighted by atomic mass is 32.1. The van der Waals surface area contributed by atoms with E-state index in [-0.39, 0.29) is 17.8 Å². The van der Waals surface area contributed by atoms with E-state index in [9.17, 15) is 9.59 Å². The Balaban J connectivity index is 1.58. The summed E-state index contributed by atoms with van der Waals surface area (Å²) >= 11 is 1.37. The zero-order valence-corrected chi connectivity index (χ0v) is 15.7. The third kappa shape index (κ3) is 4.37. The van der Waals surface area contributed by atoms with Gasteiger partial charge in [0.25, 0.3) is 5.91 Å². The van der Waals surface area contributed by atoms with Crippen molar-refractivity contribution < 1.29 is 14.3 Å². The summed E-state index contributed by atoms with van der Waals surface area (Å²) in [5.41, 5.74) is 1.33. The fourth-order valence-corrected chi connectivity index (χ4v) is 3.58. The van der Waals surface area contributed by atoms with E-state index >= 15 is 0 Å². The van der Waals surface area contributed by atoms with Crippen molar-refractivity contribution in [1.29, 1.82) is 0 Å². The molecular formula is C18H22N4O3S. The smallest absolute Gasteiger partial charge is 0.309 e. The quantitative estimate of drug-likeness (QED) is 0.810. The lowest BCUT2D eigenvalue weighted by Gasteiger charge is -2.30. The number of anilines is 2. The van der Waals surface area contributed by atoms with Crippen molar-refractivity contribution in [3.63, 3.8) is 0 Å². The van der Waals surface area contributed by atoms with E-state index in [1.165, 1.54) is 11.3 Å². The first kappa shape index (κ1) is 18.3. The lowest BCUT2D eigenvalue weighted by Crippen LogP contribution is -2.40. The number of thiazole rings is 1. The maximum Gasteiger partial charge on any atom is 0.309 e. The van der Waals surface area contributed by atoms with Crippen LogP contribution < -0.4 is 5.32 Å². The number of rotatable bonds is 5. The van der Waals surface area contributed by atoms with Crippen molar-refractivity contribution in [2.24, 2.45) is 5.92 Å². The van der Waals surface area contributed by atoms with Crippen LogP contribution in [0.3, 0.4) is 0 Å². The van der Waals surface area contributed by atoms with Crippen LogP contribution in [0.4, 0.5) is 10.9 Å². The summed E-state index contributed by atoms with van der Waals surface area (Å²) < 4.78 is 5.06. The summed E-state index contributed by atoms with van der Waals surface area (Å²) in [4.78, 5) is 34.9. The summed E-state index contributed by atoms with van der Waals surface area (Å²) in [6, 6.07) is 5.69. The monoisotopic (exact) mass is 374 g/mol. The van der Waals surface area contributed by atoms with Gasteiger partial charge in [-0.1, -0.05) is 6.07 Å². The van der Waals surface area contributed by atoms with Crippen molar-refractivity contribution in [3.8, 4) is 0 Å². The van der Waals surface area contributed by atoms with Crippen LogP contribution in [0.25, 0.3) is 0 Å². The molecule has 0 radical (unpaired) electrons. The number of aromatic nitrogens is 2. The first-order chi connectivity index (χ1) is 12.6. The van der Waals surface area contributed by atoms with Crippen LogP contribution in [0.15, 0.2) is 23.6 Å². The van der Waals surface area contributed by atoms with E-state index in [0.717, 1.165) is 5.69 Å². The Morgan fingerprint density at radius 2 is 2.08 bits per heavy atom. The van der Waals surface area contributed by atoms with Gasteiger partial charge in [0, 0.05) is 24.2 Å². The highest BCUT2D eigenvalue weighted by Crippen LogP contribution is 2.23. The van der Waals surface area contributed by atoms with E-state index in [1.54, 1.807) is 17.2 Å². The summed E-state index contributed by atoms with van der Waals surface area (Å²) in [6.45, 7) is 5.20. The van der Waals surface area contributed by atoms with Gasteiger partial charge in [-0.2, -0.15) is 0 Å². The Labute approximate surface area is 156 Å². The van der Waals surface area contributed by atoms with Crippen LogP contribution in [0.5, 0.6) is 0 Å². The fourth-order valence-electron chi connectivity index (χ4n) is 2.89. The van der Waals surface area contributed by atoms with Crippen LogP contribution in [-0.2, 0) is 9.53 Å². The molecule has 8 heteroatoms. The maximum atomic E-state index is 12.6. The topological polar surface area (TPSA) is 84.4 Å². The number of aryl methyl sites for hydroxylation is 1. The van der Waals surface area contributed by atoms with Crippen LogP contribution >= 0.6 is 11.3 Å². The number of nitrogens with zero attached hydrogens (tertiary/aromatic N) is 3. The molecule has 1 aliphatic heterocycles. The van der Waals surface area contributed by atoms with Crippen molar-refractivity contribution in [1.82, 2.24) is 14.9 Å². The maximum absolute atomic E-state index is 12.6. The van der Waals surface area contributed by atoms with Crippen LogP contribution in [0, 0.1) is 12.8 Å². The summed E-state index contributed by atoms with van der Waals surface area (Å²) in [5, 5.41) is 5.50. The summed E-state index contributed by atoms with van der Waals surface area (Å²) in [5.74, 6) is 0.326. The van der Waals surface area contributed by atoms with E-state index in [0.29, 0.717) is 49.2 Å². The number of hydrogen-bond acceptors (Lipinski definition) is 7. The molecule has 3 rings (SSSR count). The highest BCUT2D eigenvalue weighted by molar-refractivity contribution is 7.14. The van der Waals surface area contributed by atoms with Gasteiger partial charge >= 0.3 is 5.97 Å². The van der Waals surface area contributed by atoms with Crippen molar-refractivity contribution in [2.45, 2.75) is 26.7 Å². The molecule has 2 aromatic heterocycles. The number of piperidine rings is 1. The minimum Gasteiger partial charge on any atom is -0.466 e. The first-order valence-corrected chi connectivity index (χ1v) is 9.57. The van der Waals surface area contributed by atoms with Crippen molar-refractivity contribution in [2.75, 3.05) is 25.0 Å². The van der Waals surface area contributed by atoms with Gasteiger partial charge in [-0.3, -0.25) is 9.59 Å². The molecule has 0 aromatic carbocycles. The van der Waals surface area contributed by atoms with Gasteiger partial charge in [-0.15, -0.1) is 11.3 Å². The van der Waals surface area contributed by atoms with Crippen molar-refractivity contribution in [3.05, 3.63) is 35.0 Å². The van der Waals surface area contributed by atoms with Crippen molar-refractivity contribution >= 4 is 34.2 Å². The Hall–Kier alpha value is -2.48. The molecule has 0 unspecified atom stereocenters. The van der Waals surface area contributed by atoms with E-state index < -0.39 is 0 Å². The molecule has 1 aliphatic rings. The third-order valence-corrected chi connectivity index (χ3v) is 5.01. The number of amides is 1. The molecule has 26 heavy (non-hydrogen) atoms. The Morgan fingerprint density at radius 1 is 1.31 bits per heavy atom. The predicted octanol–water partition coefficient (Wildman–Crippen LogP) is 3.01. The predicted molar refractivity (Wildman–Crippen MR) is 99.6 cm³/mol. The average Bonchev–Trinajstić information content (AvgIpc) is 3.10. The lowest BCUT2D eigenvalue weighted by molar-refractivity contribution is -0.149. The van der Waals surface area contributed by atoms with E-state index in [2.05, 4.69) is 15.3 Å². The number of pyridine rings is 1. The van der Waals surface area contributed by atoms with Crippen LogP contribution in [-0.4, -0.2) is 46.4 Å². The number of carbonyl (C=O) groups is 2. The largest absolute Gasteiger partial charge is 0.466 e. The Morgan fingerprint density at radius 3 is 2.77 bits per heavy atom. The molecule has 2 aromatic rings. The number of nitrogens with one attached hydrogen (secondary N) is 1. The molecule has 1 saturated heterocycles. The standard InChI is InChI=1S/C18H22N4O3S/c1-3-25-17(24)13-7-9-22(10-8-13)16(23)14-11-26-18(20-14)21-15-6-4-5-12(2)19-15/h4-6,11,13H,3,7-10H2,1-2H3,(H,19,20,21). The summed E-state index contributed by atoms with van der Waals surface area (Å²) in [7, 11) is 0. The van der Waals surface area contributed by atoms with Gasteiger partial charge < -0.3 is 15.0 Å². The van der Waals surface area contributed by atoms with Gasteiger partial charge in [0.1, 0.15) is 11.5 Å². The number of ether oxygens (including phenoxy) is 1. The van der Waals surface area contributed by atoms with Crippen LogP contribution in [0.1, 0.15) is 35.9 Å². The number of likely N-dealkylation sites (tertiary alicyclic amines) is 1. The molecule has 0 aliphatic carbocycles. The van der Waals surface area contributed by atoms with Gasteiger partial charge in [-0.25, -0.2) is 9.97 Å². The molecule has 0 atom stereocenters. The van der Waals surface area contributed by atoms with Gasteiger partial charge in [0.2, 0.25) is 0 Å². The Kier molecular flexibility index (Phi) is 5.82.